The van der Waals surface area contributed by atoms with Crippen LogP contribution in [0.5, 0.6) is 28.7 Å². The van der Waals surface area contributed by atoms with Crippen molar-refractivity contribution in [1.82, 2.24) is 0 Å². The number of furan rings is 1. The van der Waals surface area contributed by atoms with Crippen LogP contribution in [0.4, 0.5) is 5.88 Å². The molecule has 0 saturated carbocycles. The molecule has 4 N–H and O–H groups in total. The number of ketones is 1. The minimum absolute atomic E-state index is 0.00250. The van der Waals surface area contributed by atoms with E-state index in [0.29, 0.717) is 22.6 Å². The summed E-state index contributed by atoms with van der Waals surface area (Å²) in [5, 5.41) is 10.7. The van der Waals surface area contributed by atoms with Crippen molar-refractivity contribution >= 4 is 22.6 Å². The van der Waals surface area contributed by atoms with Crippen LogP contribution >= 0.6 is 0 Å². The lowest BCUT2D eigenvalue weighted by Crippen LogP contribution is -2.11. The Balaban J connectivity index is 2.23. The third-order valence-corrected chi connectivity index (χ3v) is 4.30. The predicted molar refractivity (Wildman–Crippen MR) is 102 cm³/mol. The van der Waals surface area contributed by atoms with Crippen molar-refractivity contribution in [3.63, 3.8) is 0 Å². The number of hydrogen-bond donors (Lipinski definition) is 3. The zero-order valence-corrected chi connectivity index (χ0v) is 15.8. The molecule has 3 aromatic rings. The Kier molecular flexibility index (Phi) is 5.18. The molecule has 0 radical (unpaired) electrons. The Hall–Kier alpha value is -3.59. The molecule has 0 atom stereocenters. The molecule has 0 fully saturated rings. The lowest BCUT2D eigenvalue weighted by Gasteiger charge is -2.13. The predicted octanol–water partition coefficient (Wildman–Crippen LogP) is 2.69. The summed E-state index contributed by atoms with van der Waals surface area (Å²) in [4.78, 5) is 13.3. The summed E-state index contributed by atoms with van der Waals surface area (Å²) in [5.41, 5.74) is 2.82. The Morgan fingerprint density at radius 2 is 1.61 bits per heavy atom. The number of carbonyl (C=O) groups excluding carboxylic acids is 1. The van der Waals surface area contributed by atoms with Crippen LogP contribution in [-0.4, -0.2) is 39.3 Å². The van der Waals surface area contributed by atoms with Crippen molar-refractivity contribution < 1.29 is 33.3 Å². The van der Waals surface area contributed by atoms with E-state index in [0.717, 1.165) is 0 Å². The largest absolute Gasteiger partial charge is 0.502 e. The van der Waals surface area contributed by atoms with Crippen molar-refractivity contribution in [2.45, 2.75) is 0 Å². The van der Waals surface area contributed by atoms with Crippen LogP contribution < -0.4 is 30.2 Å². The summed E-state index contributed by atoms with van der Waals surface area (Å²) < 4.78 is 26.5. The van der Waals surface area contributed by atoms with Gasteiger partial charge in [-0.3, -0.25) is 10.2 Å². The van der Waals surface area contributed by atoms with Gasteiger partial charge in [0.15, 0.2) is 28.6 Å². The molecular weight excluding hydrogens is 368 g/mol. The molecule has 0 amide bonds. The Bertz CT molecular complexity index is 1020. The van der Waals surface area contributed by atoms with Gasteiger partial charge >= 0.3 is 0 Å². The van der Waals surface area contributed by atoms with E-state index in [9.17, 15) is 9.90 Å². The fourth-order valence-corrected chi connectivity index (χ4v) is 2.98. The third kappa shape index (κ3) is 2.91. The van der Waals surface area contributed by atoms with Crippen LogP contribution in [0.2, 0.25) is 0 Å². The van der Waals surface area contributed by atoms with Crippen molar-refractivity contribution in [3.8, 4) is 28.7 Å². The molecule has 0 aliphatic carbocycles. The van der Waals surface area contributed by atoms with Gasteiger partial charge in [-0.2, -0.15) is 0 Å². The first-order valence-electron chi connectivity index (χ1n) is 8.14. The van der Waals surface area contributed by atoms with Gasteiger partial charge in [-0.15, -0.1) is 0 Å². The number of nitrogens with one attached hydrogen (secondary N) is 1. The zero-order chi connectivity index (χ0) is 20.4. The van der Waals surface area contributed by atoms with E-state index in [-0.39, 0.29) is 34.1 Å². The molecule has 0 bridgehead atoms. The highest BCUT2D eigenvalue weighted by atomic mass is 16.5. The minimum Gasteiger partial charge on any atom is -0.502 e. The number of methoxy groups -OCH3 is 4. The lowest BCUT2D eigenvalue weighted by atomic mass is 10.0. The number of hydrogen-bond acceptors (Lipinski definition) is 9. The second kappa shape index (κ2) is 7.57. The van der Waals surface area contributed by atoms with Crippen LogP contribution in [0, 0.1) is 0 Å². The standard InChI is InChI=1S/C19H20N2O7/c1-24-11-6-5-10-14(19(21-20)28-17(10)16(11)23)15(22)9-7-12(25-2)18(27-4)13(8-9)26-3/h5-8,21,23H,20H2,1-4H3. The number of rotatable bonds is 7. The highest BCUT2D eigenvalue weighted by Crippen LogP contribution is 2.43. The van der Waals surface area contributed by atoms with Crippen LogP contribution in [0.15, 0.2) is 28.7 Å². The number of nitrogens with two attached hydrogens (primary N) is 1. The number of hydrazine groups is 1. The van der Waals surface area contributed by atoms with Crippen molar-refractivity contribution in [3.05, 3.63) is 35.4 Å². The second-order valence-corrected chi connectivity index (χ2v) is 5.69. The molecule has 148 valence electrons. The average Bonchev–Trinajstić information content (AvgIpc) is 3.11. The van der Waals surface area contributed by atoms with Crippen LogP contribution in [0.3, 0.4) is 0 Å². The topological polar surface area (TPSA) is 125 Å². The van der Waals surface area contributed by atoms with Crippen molar-refractivity contribution in [2.75, 3.05) is 33.9 Å². The van der Waals surface area contributed by atoms with Gasteiger partial charge in [0.05, 0.1) is 34.0 Å². The number of fused-ring (bicyclic) bond motifs is 1. The SMILES string of the molecule is COc1cc(C(=O)c2c(NN)oc3c(O)c(OC)ccc23)cc(OC)c1OC. The maximum absolute atomic E-state index is 13.3. The van der Waals surface area contributed by atoms with E-state index < -0.39 is 5.78 Å². The molecule has 1 aromatic heterocycles. The molecule has 9 heteroatoms. The fourth-order valence-electron chi connectivity index (χ4n) is 2.98. The summed E-state index contributed by atoms with van der Waals surface area (Å²) >= 11 is 0. The Morgan fingerprint density at radius 3 is 2.11 bits per heavy atom. The van der Waals surface area contributed by atoms with Crippen molar-refractivity contribution in [2.24, 2.45) is 5.84 Å². The number of benzene rings is 2. The van der Waals surface area contributed by atoms with E-state index in [4.69, 9.17) is 29.2 Å². The van der Waals surface area contributed by atoms with E-state index >= 15 is 0 Å². The molecule has 3 rings (SSSR count). The number of phenols is 1. The molecule has 0 aliphatic rings. The quantitative estimate of drug-likeness (QED) is 0.318. The number of aromatic hydroxyl groups is 1. The maximum Gasteiger partial charge on any atom is 0.219 e. The molecular formula is C19H20N2O7. The number of phenolic OH excluding ortho intramolecular Hbond substituents is 1. The summed E-state index contributed by atoms with van der Waals surface area (Å²) in [6.45, 7) is 0. The van der Waals surface area contributed by atoms with Gasteiger partial charge in [0.25, 0.3) is 0 Å². The smallest absolute Gasteiger partial charge is 0.219 e. The molecule has 0 saturated heterocycles. The van der Waals surface area contributed by atoms with E-state index in [1.54, 1.807) is 6.07 Å². The maximum atomic E-state index is 13.3. The number of ether oxygens (including phenoxy) is 4. The summed E-state index contributed by atoms with van der Waals surface area (Å²) in [5.74, 6) is 6.08. The molecule has 28 heavy (non-hydrogen) atoms. The van der Waals surface area contributed by atoms with Gasteiger partial charge in [0.2, 0.25) is 17.4 Å². The zero-order valence-electron chi connectivity index (χ0n) is 15.8. The highest BCUT2D eigenvalue weighted by Gasteiger charge is 2.26. The Labute approximate surface area is 160 Å². The summed E-state index contributed by atoms with van der Waals surface area (Å²) in [6, 6.07) is 6.17. The molecule has 0 aliphatic heterocycles. The van der Waals surface area contributed by atoms with Gasteiger partial charge in [-0.25, -0.2) is 5.84 Å². The average molecular weight is 388 g/mol. The van der Waals surface area contributed by atoms with E-state index in [1.807, 2.05) is 0 Å². The van der Waals surface area contributed by atoms with Gasteiger partial charge in [0.1, 0.15) is 0 Å². The monoisotopic (exact) mass is 388 g/mol. The summed E-state index contributed by atoms with van der Waals surface area (Å²) in [7, 11) is 5.79. The van der Waals surface area contributed by atoms with Gasteiger partial charge < -0.3 is 28.5 Å². The third-order valence-electron chi connectivity index (χ3n) is 4.30. The first kappa shape index (κ1) is 19.2. The highest BCUT2D eigenvalue weighted by molar-refractivity contribution is 6.20. The molecule has 1 heterocycles. The molecule has 0 spiro atoms. The number of anilines is 1. The van der Waals surface area contributed by atoms with Crippen molar-refractivity contribution in [1.29, 1.82) is 0 Å². The summed E-state index contributed by atoms with van der Waals surface area (Å²) in [6.07, 6.45) is 0. The molecule has 9 nitrogen and oxygen atoms in total. The first-order valence-corrected chi connectivity index (χ1v) is 8.14. The fraction of sp³-hybridized carbons (Fsp3) is 0.211. The van der Waals surface area contributed by atoms with Crippen LogP contribution in [0.1, 0.15) is 15.9 Å². The molecule has 2 aromatic carbocycles. The lowest BCUT2D eigenvalue weighted by molar-refractivity contribution is 0.103. The Morgan fingerprint density at radius 1 is 1.00 bits per heavy atom. The van der Waals surface area contributed by atoms with Gasteiger partial charge in [-0.05, 0) is 24.3 Å². The van der Waals surface area contributed by atoms with Gasteiger partial charge in [-0.1, -0.05) is 0 Å². The number of nitrogen functional groups attached to an aromatic ring is 1. The second-order valence-electron chi connectivity index (χ2n) is 5.69. The van der Waals surface area contributed by atoms with Crippen LogP contribution in [-0.2, 0) is 0 Å². The van der Waals surface area contributed by atoms with Crippen LogP contribution in [0.25, 0.3) is 11.0 Å². The minimum atomic E-state index is -0.421. The van der Waals surface area contributed by atoms with Gasteiger partial charge in [0, 0.05) is 10.9 Å². The first-order chi connectivity index (χ1) is 13.5. The number of carbonyl (C=O) groups is 1. The van der Waals surface area contributed by atoms with E-state index in [1.165, 1.54) is 46.6 Å². The normalized spacial score (nSPS) is 10.6. The van der Waals surface area contributed by atoms with E-state index in [2.05, 4.69) is 5.43 Å². The molecule has 0 unspecified atom stereocenters.